The van der Waals surface area contributed by atoms with Crippen LogP contribution in [0, 0.1) is 12.7 Å². The van der Waals surface area contributed by atoms with Gasteiger partial charge < -0.3 is 14.8 Å². The summed E-state index contributed by atoms with van der Waals surface area (Å²) < 4.78 is 23.4. The Morgan fingerprint density at radius 2 is 1.83 bits per heavy atom. The summed E-state index contributed by atoms with van der Waals surface area (Å²) >= 11 is 0. The van der Waals surface area contributed by atoms with Gasteiger partial charge in [0.1, 0.15) is 17.3 Å². The van der Waals surface area contributed by atoms with Crippen LogP contribution in [0.15, 0.2) is 54.7 Å². The Morgan fingerprint density at radius 1 is 1.07 bits per heavy atom. The van der Waals surface area contributed by atoms with Crippen LogP contribution in [0.3, 0.4) is 0 Å². The highest BCUT2D eigenvalue weighted by Gasteiger charge is 2.15. The molecule has 148 valence electrons. The molecule has 0 saturated carbocycles. The lowest BCUT2D eigenvalue weighted by atomic mass is 10.2. The standard InChI is InChI=1S/C21H18FN3O4/c1-3-28-21(27)17-9-10-18(24-13(17)2)20(26)25-15-6-11-19(23-12-15)29-16-7-4-14(22)5-8-16/h4-12H,3H2,1-2H3,(H,25,26). The zero-order valence-corrected chi connectivity index (χ0v) is 15.8. The van der Waals surface area contributed by atoms with Crippen LogP contribution >= 0.6 is 0 Å². The number of nitrogens with zero attached hydrogens (tertiary/aromatic N) is 2. The number of pyridine rings is 2. The minimum absolute atomic E-state index is 0.155. The van der Waals surface area contributed by atoms with Crippen LogP contribution < -0.4 is 10.1 Å². The van der Waals surface area contributed by atoms with Crippen LogP contribution in [0.25, 0.3) is 0 Å². The number of benzene rings is 1. The molecule has 0 radical (unpaired) electrons. The zero-order chi connectivity index (χ0) is 20.8. The Labute approximate surface area is 166 Å². The molecular weight excluding hydrogens is 377 g/mol. The Bertz CT molecular complexity index is 1020. The number of rotatable bonds is 6. The number of halogens is 1. The molecule has 0 bridgehead atoms. The van der Waals surface area contributed by atoms with Gasteiger partial charge in [-0.05, 0) is 56.3 Å². The summed E-state index contributed by atoms with van der Waals surface area (Å²) in [6.07, 6.45) is 1.43. The van der Waals surface area contributed by atoms with Gasteiger partial charge in [0.25, 0.3) is 5.91 Å². The number of hydrogen-bond donors (Lipinski definition) is 1. The Hall–Kier alpha value is -3.81. The van der Waals surface area contributed by atoms with Gasteiger partial charge in [-0.15, -0.1) is 0 Å². The van der Waals surface area contributed by atoms with E-state index in [1.807, 2.05) is 0 Å². The fourth-order valence-electron chi connectivity index (χ4n) is 2.45. The van der Waals surface area contributed by atoms with Crippen molar-refractivity contribution in [1.82, 2.24) is 9.97 Å². The molecule has 1 amide bonds. The van der Waals surface area contributed by atoms with E-state index >= 15 is 0 Å². The minimum Gasteiger partial charge on any atom is -0.462 e. The van der Waals surface area contributed by atoms with Crippen LogP contribution in [-0.4, -0.2) is 28.5 Å². The lowest BCUT2D eigenvalue weighted by molar-refractivity contribution is 0.0524. The van der Waals surface area contributed by atoms with Crippen LogP contribution in [-0.2, 0) is 4.74 Å². The third kappa shape index (κ3) is 5.13. The number of carbonyl (C=O) groups is 2. The first-order valence-corrected chi connectivity index (χ1v) is 8.82. The van der Waals surface area contributed by atoms with Crippen molar-refractivity contribution in [3.8, 4) is 11.6 Å². The lowest BCUT2D eigenvalue weighted by Gasteiger charge is -2.09. The number of amides is 1. The van der Waals surface area contributed by atoms with E-state index in [1.54, 1.807) is 26.0 Å². The summed E-state index contributed by atoms with van der Waals surface area (Å²) in [5.41, 5.74) is 1.31. The molecule has 2 heterocycles. The SMILES string of the molecule is CCOC(=O)c1ccc(C(=O)Nc2ccc(Oc3ccc(F)cc3)nc2)nc1C. The van der Waals surface area contributed by atoms with E-state index in [4.69, 9.17) is 9.47 Å². The van der Waals surface area contributed by atoms with Gasteiger partial charge in [0, 0.05) is 6.07 Å². The molecule has 0 aliphatic heterocycles. The molecule has 0 atom stereocenters. The third-order valence-electron chi connectivity index (χ3n) is 3.84. The summed E-state index contributed by atoms with van der Waals surface area (Å²) in [6, 6.07) is 11.7. The summed E-state index contributed by atoms with van der Waals surface area (Å²) in [5.74, 6) is -0.551. The highest BCUT2D eigenvalue weighted by molar-refractivity contribution is 6.03. The average Bonchev–Trinajstić information content (AvgIpc) is 2.71. The van der Waals surface area contributed by atoms with Gasteiger partial charge >= 0.3 is 5.97 Å². The Kier molecular flexibility index (Phi) is 6.13. The number of anilines is 1. The first-order valence-electron chi connectivity index (χ1n) is 8.82. The van der Waals surface area contributed by atoms with Gasteiger partial charge in [-0.25, -0.2) is 19.2 Å². The van der Waals surface area contributed by atoms with E-state index in [0.717, 1.165) is 0 Å². The molecule has 7 nitrogen and oxygen atoms in total. The molecular formula is C21H18FN3O4. The maximum absolute atomic E-state index is 12.9. The molecule has 8 heteroatoms. The molecule has 1 aromatic carbocycles. The van der Waals surface area contributed by atoms with Crippen molar-refractivity contribution in [2.45, 2.75) is 13.8 Å². The van der Waals surface area contributed by atoms with Gasteiger partial charge in [0.15, 0.2) is 0 Å². The van der Waals surface area contributed by atoms with Gasteiger partial charge in [-0.2, -0.15) is 0 Å². The van der Waals surface area contributed by atoms with Crippen molar-refractivity contribution in [2.75, 3.05) is 11.9 Å². The summed E-state index contributed by atoms with van der Waals surface area (Å²) in [4.78, 5) is 32.5. The number of hydrogen-bond acceptors (Lipinski definition) is 6. The molecule has 0 spiro atoms. The second-order valence-electron chi connectivity index (χ2n) is 5.95. The molecule has 2 aromatic heterocycles. The first kappa shape index (κ1) is 19.9. The maximum atomic E-state index is 12.9. The Balaban J connectivity index is 1.65. The van der Waals surface area contributed by atoms with Crippen LogP contribution in [0.4, 0.5) is 10.1 Å². The van der Waals surface area contributed by atoms with Crippen LogP contribution in [0.1, 0.15) is 33.5 Å². The number of aryl methyl sites for hydroxylation is 1. The fourth-order valence-corrected chi connectivity index (χ4v) is 2.45. The molecule has 29 heavy (non-hydrogen) atoms. The molecule has 1 N–H and O–H groups in total. The topological polar surface area (TPSA) is 90.4 Å². The van der Waals surface area contributed by atoms with E-state index in [9.17, 15) is 14.0 Å². The average molecular weight is 395 g/mol. The predicted molar refractivity (Wildman–Crippen MR) is 104 cm³/mol. The van der Waals surface area contributed by atoms with E-state index < -0.39 is 11.9 Å². The second kappa shape index (κ2) is 8.92. The molecule has 0 saturated heterocycles. The highest BCUT2D eigenvalue weighted by Crippen LogP contribution is 2.21. The van der Waals surface area contributed by atoms with Crippen molar-refractivity contribution in [2.24, 2.45) is 0 Å². The van der Waals surface area contributed by atoms with E-state index in [2.05, 4.69) is 15.3 Å². The van der Waals surface area contributed by atoms with Crippen molar-refractivity contribution < 1.29 is 23.5 Å². The third-order valence-corrected chi connectivity index (χ3v) is 3.84. The summed E-state index contributed by atoms with van der Waals surface area (Å²) in [7, 11) is 0. The largest absolute Gasteiger partial charge is 0.462 e. The van der Waals surface area contributed by atoms with Crippen molar-refractivity contribution in [3.63, 3.8) is 0 Å². The number of aromatic nitrogens is 2. The summed E-state index contributed by atoms with van der Waals surface area (Å²) in [5, 5.41) is 2.67. The van der Waals surface area contributed by atoms with E-state index in [0.29, 0.717) is 28.6 Å². The van der Waals surface area contributed by atoms with Crippen LogP contribution in [0.2, 0.25) is 0 Å². The van der Waals surface area contributed by atoms with Crippen molar-refractivity contribution >= 4 is 17.6 Å². The van der Waals surface area contributed by atoms with Gasteiger partial charge in [0.05, 0.1) is 29.7 Å². The smallest absolute Gasteiger partial charge is 0.339 e. The predicted octanol–water partition coefficient (Wildman–Crippen LogP) is 4.15. The molecule has 0 aliphatic rings. The Morgan fingerprint density at radius 3 is 2.45 bits per heavy atom. The lowest BCUT2D eigenvalue weighted by Crippen LogP contribution is -2.16. The fraction of sp³-hybridized carbons (Fsp3) is 0.143. The second-order valence-corrected chi connectivity index (χ2v) is 5.95. The number of nitrogens with one attached hydrogen (secondary N) is 1. The number of ether oxygens (including phenoxy) is 2. The molecule has 0 unspecified atom stereocenters. The zero-order valence-electron chi connectivity index (χ0n) is 15.8. The maximum Gasteiger partial charge on any atom is 0.339 e. The van der Waals surface area contributed by atoms with E-state index in [-0.39, 0.29) is 18.1 Å². The number of carbonyl (C=O) groups excluding carboxylic acids is 2. The molecule has 3 aromatic rings. The molecule has 0 fully saturated rings. The van der Waals surface area contributed by atoms with E-state index in [1.165, 1.54) is 42.6 Å². The monoisotopic (exact) mass is 395 g/mol. The normalized spacial score (nSPS) is 10.3. The minimum atomic E-state index is -0.481. The number of esters is 1. The summed E-state index contributed by atoms with van der Waals surface area (Å²) in [6.45, 7) is 3.60. The quantitative estimate of drug-likeness (QED) is 0.631. The van der Waals surface area contributed by atoms with Crippen LogP contribution in [0.5, 0.6) is 11.6 Å². The van der Waals surface area contributed by atoms with Gasteiger partial charge in [0.2, 0.25) is 5.88 Å². The van der Waals surface area contributed by atoms with Crippen molar-refractivity contribution in [1.29, 1.82) is 0 Å². The molecule has 0 aliphatic carbocycles. The van der Waals surface area contributed by atoms with Crippen molar-refractivity contribution in [3.05, 3.63) is 77.5 Å². The van der Waals surface area contributed by atoms with Gasteiger partial charge in [-0.1, -0.05) is 0 Å². The highest BCUT2D eigenvalue weighted by atomic mass is 19.1. The molecule has 3 rings (SSSR count). The first-order chi connectivity index (χ1) is 14.0. The van der Waals surface area contributed by atoms with Gasteiger partial charge in [-0.3, -0.25) is 4.79 Å².